The van der Waals surface area contributed by atoms with Crippen LogP contribution in [0, 0.1) is 20.2 Å². The maximum absolute atomic E-state index is 13.3. The maximum Gasteiger partial charge on any atom is 0.270 e. The second-order valence-electron chi connectivity index (χ2n) is 10.3. The molecule has 0 atom stereocenters. The van der Waals surface area contributed by atoms with Gasteiger partial charge >= 0.3 is 0 Å². The van der Waals surface area contributed by atoms with Crippen LogP contribution in [0.25, 0.3) is 28.0 Å². The van der Waals surface area contributed by atoms with Gasteiger partial charge in [0.25, 0.3) is 11.4 Å². The molecule has 44 heavy (non-hydrogen) atoms. The van der Waals surface area contributed by atoms with E-state index in [1.54, 1.807) is 18.2 Å². The Balaban J connectivity index is 1.31. The van der Waals surface area contributed by atoms with Crippen LogP contribution < -0.4 is 0 Å². The van der Waals surface area contributed by atoms with E-state index < -0.39 is 19.9 Å². The highest BCUT2D eigenvalue weighted by Gasteiger charge is 2.30. The zero-order valence-corrected chi connectivity index (χ0v) is 24.7. The number of pyridine rings is 1. The van der Waals surface area contributed by atoms with Crippen molar-refractivity contribution in [3.8, 4) is 22.4 Å². The summed E-state index contributed by atoms with van der Waals surface area (Å²) >= 11 is 6.25. The molecular weight excluding hydrogens is 608 g/mol. The molecule has 0 unspecified atom stereocenters. The van der Waals surface area contributed by atoms with Gasteiger partial charge in [0.05, 0.1) is 26.1 Å². The number of nitro groups is 2. The number of hydrogen-bond donors (Lipinski definition) is 0. The largest absolute Gasteiger partial charge is 0.301 e. The molecule has 0 N–H and O–H groups in total. The highest BCUT2D eigenvalue weighted by Crippen LogP contribution is 2.31. The van der Waals surface area contributed by atoms with Crippen molar-refractivity contribution in [1.29, 1.82) is 0 Å². The van der Waals surface area contributed by atoms with Crippen molar-refractivity contribution in [3.63, 3.8) is 0 Å². The van der Waals surface area contributed by atoms with Crippen LogP contribution in [0.3, 0.4) is 0 Å². The second kappa shape index (κ2) is 11.8. The molecule has 12 nitrogen and oxygen atoms in total. The lowest BCUT2D eigenvalue weighted by molar-refractivity contribution is -0.385. The van der Waals surface area contributed by atoms with E-state index in [1.807, 2.05) is 40.9 Å². The first-order valence-corrected chi connectivity index (χ1v) is 15.4. The van der Waals surface area contributed by atoms with Gasteiger partial charge in [0, 0.05) is 73.8 Å². The fourth-order valence-electron chi connectivity index (χ4n) is 5.30. The fourth-order valence-corrected chi connectivity index (χ4v) is 6.95. The number of benzene rings is 3. The third kappa shape index (κ3) is 5.77. The van der Waals surface area contributed by atoms with Gasteiger partial charge in [-0.1, -0.05) is 29.8 Å². The molecule has 3 heterocycles. The van der Waals surface area contributed by atoms with Crippen LogP contribution in [-0.2, 0) is 16.6 Å². The number of rotatable bonds is 8. The van der Waals surface area contributed by atoms with Crippen molar-refractivity contribution in [3.05, 3.63) is 122 Å². The molecule has 0 aliphatic carbocycles. The van der Waals surface area contributed by atoms with E-state index in [1.165, 1.54) is 34.6 Å². The third-order valence-electron chi connectivity index (χ3n) is 7.60. The normalized spacial score (nSPS) is 14.6. The number of nitrogens with zero attached hydrogens (tertiary/aromatic N) is 6. The first-order valence-electron chi connectivity index (χ1n) is 13.6. The van der Waals surface area contributed by atoms with Crippen molar-refractivity contribution in [2.24, 2.45) is 0 Å². The second-order valence-corrected chi connectivity index (χ2v) is 12.7. The molecule has 1 saturated heterocycles. The van der Waals surface area contributed by atoms with Crippen LogP contribution in [0.1, 0.15) is 5.69 Å². The first-order chi connectivity index (χ1) is 21.1. The van der Waals surface area contributed by atoms with E-state index in [0.717, 1.165) is 22.9 Å². The summed E-state index contributed by atoms with van der Waals surface area (Å²) in [5, 5.41) is 23.0. The molecular formula is C30H25ClN6O6S. The van der Waals surface area contributed by atoms with Crippen LogP contribution in [0.2, 0.25) is 5.02 Å². The number of sulfonamides is 1. The molecule has 0 saturated carbocycles. The SMILES string of the molecule is O=[N+]([O-])c1ccc(-c2nc3ccc(-c4cccc(Cl)c4)cn3c2CN2CCN(S(=O)(=O)c3cccc([N+](=O)[O-])c3)CC2)cc1. The summed E-state index contributed by atoms with van der Waals surface area (Å²) in [5.74, 6) is 0. The van der Waals surface area contributed by atoms with Crippen molar-refractivity contribution < 1.29 is 18.3 Å². The molecule has 0 bridgehead atoms. The number of piperazine rings is 1. The fraction of sp³-hybridized carbons (Fsp3) is 0.167. The Morgan fingerprint density at radius 2 is 1.45 bits per heavy atom. The Morgan fingerprint density at radius 1 is 0.773 bits per heavy atom. The van der Waals surface area contributed by atoms with Crippen LogP contribution in [-0.4, -0.2) is 63.0 Å². The van der Waals surface area contributed by atoms with E-state index in [9.17, 15) is 28.6 Å². The lowest BCUT2D eigenvalue weighted by Gasteiger charge is -2.34. The average Bonchev–Trinajstić information content (AvgIpc) is 3.38. The van der Waals surface area contributed by atoms with E-state index in [0.29, 0.717) is 41.6 Å². The summed E-state index contributed by atoms with van der Waals surface area (Å²) in [6.45, 7) is 1.64. The van der Waals surface area contributed by atoms with Crippen molar-refractivity contribution in [2.75, 3.05) is 26.2 Å². The molecule has 0 radical (unpaired) electrons. The number of non-ortho nitro benzene ring substituents is 2. The Hall–Kier alpha value is -4.69. The molecule has 1 aliphatic heterocycles. The summed E-state index contributed by atoms with van der Waals surface area (Å²) in [6, 6.07) is 22.7. The topological polar surface area (TPSA) is 144 Å². The molecule has 1 aliphatic rings. The molecule has 2 aromatic heterocycles. The Bertz CT molecular complexity index is 2010. The zero-order valence-electron chi connectivity index (χ0n) is 23.1. The molecule has 6 rings (SSSR count). The molecule has 224 valence electrons. The van der Waals surface area contributed by atoms with Crippen LogP contribution in [0.4, 0.5) is 11.4 Å². The number of halogens is 1. The van der Waals surface area contributed by atoms with Crippen LogP contribution >= 0.6 is 11.6 Å². The van der Waals surface area contributed by atoms with Gasteiger partial charge in [-0.15, -0.1) is 0 Å². The predicted molar refractivity (Wildman–Crippen MR) is 165 cm³/mol. The summed E-state index contributed by atoms with van der Waals surface area (Å²) in [5.41, 5.74) is 4.44. The van der Waals surface area contributed by atoms with Gasteiger partial charge in [-0.25, -0.2) is 13.4 Å². The molecule has 3 aromatic carbocycles. The van der Waals surface area contributed by atoms with Gasteiger partial charge in [0.2, 0.25) is 10.0 Å². The lowest BCUT2D eigenvalue weighted by atomic mass is 10.1. The van der Waals surface area contributed by atoms with Crippen molar-refractivity contribution >= 4 is 38.6 Å². The molecule has 14 heteroatoms. The Kier molecular flexibility index (Phi) is 7.86. The average molecular weight is 633 g/mol. The maximum atomic E-state index is 13.3. The minimum Gasteiger partial charge on any atom is -0.301 e. The van der Waals surface area contributed by atoms with Gasteiger partial charge in [-0.3, -0.25) is 25.1 Å². The molecule has 0 spiro atoms. The quantitative estimate of drug-likeness (QED) is 0.158. The van der Waals surface area contributed by atoms with Gasteiger partial charge in [-0.2, -0.15) is 4.31 Å². The summed E-state index contributed by atoms with van der Waals surface area (Å²) in [6.07, 6.45) is 1.97. The van der Waals surface area contributed by atoms with Crippen LogP contribution in [0.15, 0.2) is 96.0 Å². The summed E-state index contributed by atoms with van der Waals surface area (Å²) < 4.78 is 29.9. The van der Waals surface area contributed by atoms with E-state index in [2.05, 4.69) is 4.90 Å². The van der Waals surface area contributed by atoms with Gasteiger partial charge in [0.1, 0.15) is 5.65 Å². The van der Waals surface area contributed by atoms with Gasteiger partial charge in [0.15, 0.2) is 0 Å². The zero-order chi connectivity index (χ0) is 31.0. The van der Waals surface area contributed by atoms with Crippen LogP contribution in [0.5, 0.6) is 0 Å². The summed E-state index contributed by atoms with van der Waals surface area (Å²) in [4.78, 5) is 28.2. The van der Waals surface area contributed by atoms with E-state index in [-0.39, 0.29) is 29.4 Å². The predicted octanol–water partition coefficient (Wildman–Crippen LogP) is 5.64. The molecule has 1 fully saturated rings. The summed E-state index contributed by atoms with van der Waals surface area (Å²) in [7, 11) is -3.92. The molecule has 5 aromatic rings. The van der Waals surface area contributed by atoms with E-state index >= 15 is 0 Å². The lowest BCUT2D eigenvalue weighted by Crippen LogP contribution is -2.48. The Morgan fingerprint density at radius 3 is 2.14 bits per heavy atom. The number of hydrogen-bond acceptors (Lipinski definition) is 8. The smallest absolute Gasteiger partial charge is 0.270 e. The minimum absolute atomic E-state index is 0.0246. The number of imidazole rings is 1. The van der Waals surface area contributed by atoms with Gasteiger partial charge < -0.3 is 4.40 Å². The number of fused-ring (bicyclic) bond motifs is 1. The highest BCUT2D eigenvalue weighted by atomic mass is 35.5. The Labute approximate surface area is 257 Å². The molecule has 0 amide bonds. The number of nitro benzene ring substituents is 2. The standard InChI is InChI=1S/C30H25ClN6O6S/c31-24-4-1-3-22(17-24)23-9-12-29-32-30(21-7-10-25(11-8-21)36(38)39)28(35(29)19-23)20-33-13-15-34(16-14-33)44(42,43)27-6-2-5-26(18-27)37(40)41/h1-12,17-19H,13-16,20H2. The highest BCUT2D eigenvalue weighted by molar-refractivity contribution is 7.89. The number of aromatic nitrogens is 2. The van der Waals surface area contributed by atoms with Gasteiger partial charge in [-0.05, 0) is 53.6 Å². The first kappa shape index (κ1) is 29.4. The van der Waals surface area contributed by atoms with E-state index in [4.69, 9.17) is 16.6 Å². The van der Waals surface area contributed by atoms with Crippen molar-refractivity contribution in [1.82, 2.24) is 18.6 Å². The monoisotopic (exact) mass is 632 g/mol. The minimum atomic E-state index is -3.92. The third-order valence-corrected chi connectivity index (χ3v) is 9.73. The van der Waals surface area contributed by atoms with Crippen molar-refractivity contribution in [2.45, 2.75) is 11.4 Å².